The van der Waals surface area contributed by atoms with Gasteiger partial charge in [0.25, 0.3) is 0 Å². The van der Waals surface area contributed by atoms with E-state index >= 15 is 0 Å². The van der Waals surface area contributed by atoms with Gasteiger partial charge < -0.3 is 29.7 Å². The standard InChI is InChI=1S/C18H38O7S.C4H11NO2/c1-2-3-4-5-6-7-8-9-10-11-12-22-13-14-23-15-16-24-17-18-25-26(19,20)21;6-3-1-5-2-4-7/h2-18H2,1H3,(H,19,20,21);5-7H,1-4H2. The van der Waals surface area contributed by atoms with E-state index in [1.54, 1.807) is 0 Å². The van der Waals surface area contributed by atoms with Gasteiger partial charge in [0.1, 0.15) is 0 Å². The Morgan fingerprint density at radius 3 is 1.42 bits per heavy atom. The maximum absolute atomic E-state index is 10.3. The molecular weight excluding hydrogens is 454 g/mol. The van der Waals surface area contributed by atoms with Crippen molar-refractivity contribution in [2.75, 3.05) is 72.6 Å². The maximum Gasteiger partial charge on any atom is 0.397 e. The highest BCUT2D eigenvalue weighted by molar-refractivity contribution is 7.80. The van der Waals surface area contributed by atoms with Gasteiger partial charge in [-0.15, -0.1) is 0 Å². The van der Waals surface area contributed by atoms with Gasteiger partial charge in [-0.3, -0.25) is 4.55 Å². The zero-order valence-corrected chi connectivity index (χ0v) is 21.4. The molecule has 0 atom stereocenters. The van der Waals surface area contributed by atoms with E-state index in [-0.39, 0.29) is 26.4 Å². The molecule has 0 aliphatic carbocycles. The van der Waals surface area contributed by atoms with Gasteiger partial charge in [-0.25, -0.2) is 4.18 Å². The largest absolute Gasteiger partial charge is 0.397 e. The van der Waals surface area contributed by atoms with E-state index < -0.39 is 10.4 Å². The first-order valence-corrected chi connectivity index (χ1v) is 13.6. The molecule has 0 radical (unpaired) electrons. The van der Waals surface area contributed by atoms with Gasteiger partial charge in [-0.05, 0) is 6.42 Å². The van der Waals surface area contributed by atoms with Crippen LogP contribution >= 0.6 is 0 Å². The van der Waals surface area contributed by atoms with Crippen molar-refractivity contribution in [3.8, 4) is 0 Å². The van der Waals surface area contributed by atoms with Gasteiger partial charge in [0, 0.05) is 19.7 Å². The second kappa shape index (κ2) is 29.7. The summed E-state index contributed by atoms with van der Waals surface area (Å²) in [6.07, 6.45) is 13.2. The van der Waals surface area contributed by atoms with E-state index in [0.717, 1.165) is 13.0 Å². The Morgan fingerprint density at radius 2 is 1.00 bits per heavy atom. The SMILES string of the molecule is CCCCCCCCCCCCOCCOCCOCCOS(=O)(=O)O.OCCNCCO. The molecule has 0 heterocycles. The van der Waals surface area contributed by atoms with Crippen molar-refractivity contribution >= 4 is 10.4 Å². The lowest BCUT2D eigenvalue weighted by Gasteiger charge is -2.07. The summed E-state index contributed by atoms with van der Waals surface area (Å²) in [4.78, 5) is 0. The highest BCUT2D eigenvalue weighted by Crippen LogP contribution is 2.10. The van der Waals surface area contributed by atoms with Gasteiger partial charge in [-0.1, -0.05) is 64.7 Å². The van der Waals surface area contributed by atoms with Crippen LogP contribution in [0.1, 0.15) is 71.1 Å². The first-order valence-electron chi connectivity index (χ1n) is 12.2. The van der Waals surface area contributed by atoms with Crippen molar-refractivity contribution in [2.24, 2.45) is 0 Å². The van der Waals surface area contributed by atoms with Crippen LogP contribution in [0, 0.1) is 0 Å². The van der Waals surface area contributed by atoms with Crippen LogP contribution in [0.15, 0.2) is 0 Å². The predicted octanol–water partition coefficient (Wildman–Crippen LogP) is 2.34. The molecule has 0 amide bonds. The molecule has 0 aromatic heterocycles. The second-order valence-corrected chi connectivity index (χ2v) is 8.56. The monoisotopic (exact) mass is 503 g/mol. The Hall–Kier alpha value is -0.370. The molecule has 0 rings (SSSR count). The molecule has 0 aliphatic rings. The highest BCUT2D eigenvalue weighted by Gasteiger charge is 2.02. The van der Waals surface area contributed by atoms with Crippen LogP contribution in [-0.2, 0) is 28.8 Å². The van der Waals surface area contributed by atoms with Crippen LogP contribution in [0.2, 0.25) is 0 Å². The lowest BCUT2D eigenvalue weighted by atomic mass is 10.1. The minimum Gasteiger partial charge on any atom is -0.395 e. The zero-order chi connectivity index (χ0) is 24.9. The van der Waals surface area contributed by atoms with Crippen LogP contribution in [0.4, 0.5) is 0 Å². The van der Waals surface area contributed by atoms with E-state index in [1.807, 2.05) is 0 Å². The van der Waals surface area contributed by atoms with Crippen molar-refractivity contribution in [1.82, 2.24) is 5.32 Å². The van der Waals surface area contributed by atoms with Crippen LogP contribution in [0.3, 0.4) is 0 Å². The van der Waals surface area contributed by atoms with Crippen molar-refractivity contribution in [3.63, 3.8) is 0 Å². The van der Waals surface area contributed by atoms with E-state index in [9.17, 15) is 8.42 Å². The zero-order valence-electron chi connectivity index (χ0n) is 20.5. The molecule has 0 aliphatic heterocycles. The fraction of sp³-hybridized carbons (Fsp3) is 1.00. The first kappa shape index (κ1) is 34.8. The molecule has 0 saturated heterocycles. The minimum atomic E-state index is -4.38. The van der Waals surface area contributed by atoms with E-state index in [1.165, 1.54) is 57.8 Å². The third-order valence-electron chi connectivity index (χ3n) is 4.42. The molecule has 0 unspecified atom stereocenters. The van der Waals surface area contributed by atoms with Crippen molar-refractivity contribution in [3.05, 3.63) is 0 Å². The molecule has 0 spiro atoms. The molecule has 0 aromatic rings. The van der Waals surface area contributed by atoms with Crippen LogP contribution in [0.5, 0.6) is 0 Å². The third kappa shape index (κ3) is 39.2. The van der Waals surface area contributed by atoms with Crippen molar-refractivity contribution in [1.29, 1.82) is 0 Å². The molecule has 10 nitrogen and oxygen atoms in total. The number of unbranched alkanes of at least 4 members (excludes halogenated alkanes) is 9. The third-order valence-corrected chi connectivity index (χ3v) is 4.89. The number of aliphatic hydroxyl groups is 2. The Labute approximate surface area is 201 Å². The summed E-state index contributed by atoms with van der Waals surface area (Å²) in [5.74, 6) is 0. The highest BCUT2D eigenvalue weighted by atomic mass is 32.3. The number of hydrogen-bond acceptors (Lipinski definition) is 9. The van der Waals surface area contributed by atoms with Crippen molar-refractivity contribution < 1.29 is 41.6 Å². The molecule has 0 fully saturated rings. The van der Waals surface area contributed by atoms with E-state index in [2.05, 4.69) is 16.4 Å². The van der Waals surface area contributed by atoms with Gasteiger partial charge >= 0.3 is 10.4 Å². The number of rotatable bonds is 25. The minimum absolute atomic E-state index is 0.0817. The summed E-state index contributed by atoms with van der Waals surface area (Å²) in [5.41, 5.74) is 0. The number of nitrogens with one attached hydrogen (secondary N) is 1. The topological polar surface area (TPSA) is 144 Å². The molecule has 0 bridgehead atoms. The predicted molar refractivity (Wildman–Crippen MR) is 129 cm³/mol. The van der Waals surface area contributed by atoms with Gasteiger partial charge in [0.2, 0.25) is 0 Å². The maximum atomic E-state index is 10.3. The summed E-state index contributed by atoms with van der Waals surface area (Å²) in [7, 11) is -4.38. The molecule has 33 heavy (non-hydrogen) atoms. The summed E-state index contributed by atoms with van der Waals surface area (Å²) in [6, 6.07) is 0. The Bertz CT molecular complexity index is 449. The average Bonchev–Trinajstić information content (AvgIpc) is 2.78. The van der Waals surface area contributed by atoms with Gasteiger partial charge in [0.05, 0.1) is 52.9 Å². The van der Waals surface area contributed by atoms with Gasteiger partial charge in [-0.2, -0.15) is 8.42 Å². The Morgan fingerprint density at radius 1 is 0.606 bits per heavy atom. The van der Waals surface area contributed by atoms with Crippen LogP contribution in [-0.4, -0.2) is 95.7 Å². The van der Waals surface area contributed by atoms with Crippen LogP contribution in [0.25, 0.3) is 0 Å². The lowest BCUT2D eigenvalue weighted by molar-refractivity contribution is 0.00854. The van der Waals surface area contributed by atoms with E-state index in [4.69, 9.17) is 29.0 Å². The first-order chi connectivity index (χ1) is 16.0. The smallest absolute Gasteiger partial charge is 0.395 e. The summed E-state index contributed by atoms with van der Waals surface area (Å²) in [5, 5.41) is 19.1. The number of aliphatic hydroxyl groups excluding tert-OH is 2. The quantitative estimate of drug-likeness (QED) is 0.108. The Kier molecular flexibility index (Phi) is 31.3. The van der Waals surface area contributed by atoms with Crippen molar-refractivity contribution in [2.45, 2.75) is 71.1 Å². The number of hydrogen-bond donors (Lipinski definition) is 4. The van der Waals surface area contributed by atoms with E-state index in [0.29, 0.717) is 39.5 Å². The number of ether oxygens (including phenoxy) is 3. The molecule has 11 heteroatoms. The van der Waals surface area contributed by atoms with Crippen LogP contribution < -0.4 is 5.32 Å². The average molecular weight is 504 g/mol. The molecule has 4 N–H and O–H groups in total. The molecule has 0 aromatic carbocycles. The fourth-order valence-electron chi connectivity index (χ4n) is 2.71. The molecular formula is C22H49NO9S. The molecule has 202 valence electrons. The lowest BCUT2D eigenvalue weighted by Crippen LogP contribution is -2.21. The van der Waals surface area contributed by atoms with Gasteiger partial charge in [0.15, 0.2) is 0 Å². The fourth-order valence-corrected chi connectivity index (χ4v) is 2.99. The summed E-state index contributed by atoms with van der Waals surface area (Å²) >= 11 is 0. The molecule has 0 saturated carbocycles. The second-order valence-electron chi connectivity index (χ2n) is 7.47. The summed E-state index contributed by atoms with van der Waals surface area (Å²) < 4.78 is 48.9. The summed E-state index contributed by atoms with van der Waals surface area (Å²) in [6.45, 7) is 6.16. The normalized spacial score (nSPS) is 11.4. The Balaban J connectivity index is 0.